The molecule has 0 fully saturated rings. The van der Waals surface area contributed by atoms with Crippen LogP contribution in [0.5, 0.6) is 0 Å². The minimum atomic E-state index is -0.915. The quantitative estimate of drug-likeness (QED) is 0.554. The van der Waals surface area contributed by atoms with Crippen molar-refractivity contribution in [3.8, 4) is 0 Å². The van der Waals surface area contributed by atoms with Gasteiger partial charge in [0.1, 0.15) is 0 Å². The molecule has 0 unspecified atom stereocenters. The highest BCUT2D eigenvalue weighted by Gasteiger charge is 2.17. The summed E-state index contributed by atoms with van der Waals surface area (Å²) >= 11 is 0. The highest BCUT2D eigenvalue weighted by atomic mass is 28.4. The van der Waals surface area contributed by atoms with Crippen molar-refractivity contribution in [2.45, 2.75) is 31.9 Å². The number of rotatable bonds is 3. The minimum absolute atomic E-state index is 0.323. The Morgan fingerprint density at radius 2 is 1.89 bits per heavy atom. The molecule has 0 bridgehead atoms. The molecule has 0 saturated heterocycles. The van der Waals surface area contributed by atoms with Crippen LogP contribution in [0, 0.1) is 0 Å². The van der Waals surface area contributed by atoms with Crippen molar-refractivity contribution in [2.75, 3.05) is 0 Å². The predicted octanol–water partition coefficient (Wildman–Crippen LogP) is 2.45. The summed E-state index contributed by atoms with van der Waals surface area (Å²) in [5.41, 5.74) is 3.72. The molecule has 0 aliphatic heterocycles. The summed E-state index contributed by atoms with van der Waals surface area (Å²) in [6.07, 6.45) is 0. The molecule has 0 aromatic rings. The molecule has 2 heteroatoms. The Balaban J connectivity index is 3.71. The lowest BCUT2D eigenvalue weighted by Gasteiger charge is -2.18. The second-order valence-electron chi connectivity index (χ2n) is 3.79. The Labute approximate surface area is 61.6 Å². The molecule has 0 saturated carbocycles. The Kier molecular flexibility index (Phi) is 3.43. The summed E-state index contributed by atoms with van der Waals surface area (Å²) in [7, 11) is -1.24. The molecule has 0 heterocycles. The van der Waals surface area contributed by atoms with Crippen LogP contribution in [-0.4, -0.2) is 16.9 Å². The van der Waals surface area contributed by atoms with E-state index in [1.165, 1.54) is 5.67 Å². The van der Waals surface area contributed by atoms with E-state index in [9.17, 15) is 0 Å². The van der Waals surface area contributed by atoms with E-state index in [0.717, 1.165) is 0 Å². The van der Waals surface area contributed by atoms with Crippen LogP contribution in [0.4, 0.5) is 0 Å². The molecule has 0 aromatic carbocycles. The molecular weight excluding hydrogens is 140 g/mol. The molecule has 0 aliphatic rings. The van der Waals surface area contributed by atoms with Crippen molar-refractivity contribution < 1.29 is 0 Å². The van der Waals surface area contributed by atoms with Crippen LogP contribution in [0.1, 0.15) is 0 Å². The standard InChI is InChI=1S/C7H18Si2/c1-6-9(4,5)7-8(2)3/h6,8H,1,7H2,2-5H3. The van der Waals surface area contributed by atoms with Crippen molar-refractivity contribution in [1.29, 1.82) is 0 Å². The van der Waals surface area contributed by atoms with Crippen LogP contribution < -0.4 is 0 Å². The van der Waals surface area contributed by atoms with Gasteiger partial charge in [-0.15, -0.1) is 12.3 Å². The van der Waals surface area contributed by atoms with Crippen molar-refractivity contribution >= 4 is 16.9 Å². The topological polar surface area (TPSA) is 0 Å². The van der Waals surface area contributed by atoms with E-state index in [2.05, 4.69) is 38.5 Å². The summed E-state index contributed by atoms with van der Waals surface area (Å²) < 4.78 is 0. The number of hydrogen-bond acceptors (Lipinski definition) is 0. The SMILES string of the molecule is C=C[Si](C)(C)C[SiH](C)C. The second kappa shape index (κ2) is 3.37. The van der Waals surface area contributed by atoms with E-state index in [1.807, 2.05) is 0 Å². The van der Waals surface area contributed by atoms with Crippen LogP contribution >= 0.6 is 0 Å². The van der Waals surface area contributed by atoms with E-state index >= 15 is 0 Å². The molecule has 0 nitrogen and oxygen atoms in total. The Morgan fingerprint density at radius 3 is 2.00 bits per heavy atom. The molecule has 0 aromatic heterocycles. The van der Waals surface area contributed by atoms with E-state index in [0.29, 0.717) is 0 Å². The lowest BCUT2D eigenvalue weighted by molar-refractivity contribution is 1.63. The third-order valence-electron chi connectivity index (χ3n) is 1.49. The zero-order valence-electron chi connectivity index (χ0n) is 7.07. The van der Waals surface area contributed by atoms with Crippen LogP contribution in [0.2, 0.25) is 31.9 Å². The zero-order valence-corrected chi connectivity index (χ0v) is 9.22. The second-order valence-corrected chi connectivity index (χ2v) is 12.6. The van der Waals surface area contributed by atoms with E-state index in [-0.39, 0.29) is 8.80 Å². The van der Waals surface area contributed by atoms with Crippen molar-refractivity contribution in [3.05, 3.63) is 12.3 Å². The molecule has 0 atom stereocenters. The molecular formula is C7H18Si2. The monoisotopic (exact) mass is 158 g/mol. The van der Waals surface area contributed by atoms with Gasteiger partial charge in [0.05, 0.1) is 8.07 Å². The zero-order chi connectivity index (χ0) is 7.49. The van der Waals surface area contributed by atoms with Gasteiger partial charge >= 0.3 is 0 Å². The number of hydrogen-bond donors (Lipinski definition) is 0. The van der Waals surface area contributed by atoms with Gasteiger partial charge in [-0.1, -0.05) is 31.9 Å². The van der Waals surface area contributed by atoms with Crippen LogP contribution in [0.25, 0.3) is 0 Å². The lowest BCUT2D eigenvalue weighted by Crippen LogP contribution is -2.27. The third-order valence-corrected chi connectivity index (χ3v) is 10.1. The first kappa shape index (κ1) is 9.17. The highest BCUT2D eigenvalue weighted by molar-refractivity contribution is 6.91. The summed E-state index contributed by atoms with van der Waals surface area (Å²) in [4.78, 5) is 0. The molecule has 0 amide bonds. The van der Waals surface area contributed by atoms with Crippen LogP contribution in [-0.2, 0) is 0 Å². The minimum Gasteiger partial charge on any atom is -0.107 e. The Bertz CT molecular complexity index is 95.1. The smallest absolute Gasteiger partial charge is 0.0681 e. The average molecular weight is 158 g/mol. The molecule has 0 radical (unpaired) electrons. The van der Waals surface area contributed by atoms with Gasteiger partial charge in [-0.2, -0.15) is 0 Å². The first-order chi connectivity index (χ1) is 3.98. The van der Waals surface area contributed by atoms with Gasteiger partial charge in [0, 0.05) is 8.80 Å². The molecule has 0 rings (SSSR count). The van der Waals surface area contributed by atoms with Gasteiger partial charge in [0.25, 0.3) is 0 Å². The summed E-state index contributed by atoms with van der Waals surface area (Å²) in [6, 6.07) is 0. The summed E-state index contributed by atoms with van der Waals surface area (Å²) in [5, 5.41) is 0. The molecule has 0 N–H and O–H groups in total. The van der Waals surface area contributed by atoms with E-state index in [4.69, 9.17) is 0 Å². The van der Waals surface area contributed by atoms with Crippen LogP contribution in [0.15, 0.2) is 12.3 Å². The highest BCUT2D eigenvalue weighted by Crippen LogP contribution is 2.11. The Morgan fingerprint density at radius 1 is 1.44 bits per heavy atom. The van der Waals surface area contributed by atoms with Gasteiger partial charge in [0.2, 0.25) is 0 Å². The van der Waals surface area contributed by atoms with Crippen LogP contribution in [0.3, 0.4) is 0 Å². The van der Waals surface area contributed by atoms with Gasteiger partial charge in [0.15, 0.2) is 0 Å². The maximum Gasteiger partial charge on any atom is 0.0681 e. The fourth-order valence-corrected chi connectivity index (χ4v) is 10.2. The predicted molar refractivity (Wildman–Crippen MR) is 51.4 cm³/mol. The average Bonchev–Trinajstić information content (AvgIpc) is 1.63. The molecule has 9 heavy (non-hydrogen) atoms. The van der Waals surface area contributed by atoms with Crippen molar-refractivity contribution in [1.82, 2.24) is 0 Å². The van der Waals surface area contributed by atoms with Gasteiger partial charge in [-0.05, 0) is 0 Å². The first-order valence-electron chi connectivity index (χ1n) is 3.61. The largest absolute Gasteiger partial charge is 0.107 e. The van der Waals surface area contributed by atoms with Gasteiger partial charge in [-0.25, -0.2) is 0 Å². The normalized spacial score (nSPS) is 12.1. The molecule has 54 valence electrons. The third kappa shape index (κ3) is 4.66. The van der Waals surface area contributed by atoms with E-state index in [1.54, 1.807) is 0 Å². The maximum atomic E-state index is 3.87. The molecule has 0 spiro atoms. The first-order valence-corrected chi connectivity index (χ1v) is 10.0. The van der Waals surface area contributed by atoms with Crippen molar-refractivity contribution in [3.63, 3.8) is 0 Å². The Hall–Kier alpha value is 0.174. The lowest BCUT2D eigenvalue weighted by atomic mass is 11.3. The summed E-state index contributed by atoms with van der Waals surface area (Å²) in [6.45, 7) is 13.5. The fourth-order valence-electron chi connectivity index (χ4n) is 1.14. The van der Waals surface area contributed by atoms with Crippen molar-refractivity contribution in [2.24, 2.45) is 0 Å². The fraction of sp³-hybridized carbons (Fsp3) is 0.714. The van der Waals surface area contributed by atoms with Gasteiger partial charge < -0.3 is 0 Å². The summed E-state index contributed by atoms with van der Waals surface area (Å²) in [5.74, 6) is 0. The molecule has 0 aliphatic carbocycles. The maximum absolute atomic E-state index is 3.87. The van der Waals surface area contributed by atoms with E-state index < -0.39 is 8.07 Å². The van der Waals surface area contributed by atoms with Gasteiger partial charge in [-0.3, -0.25) is 0 Å².